The number of piperidine rings is 1. The molecule has 1 saturated heterocycles. The minimum atomic E-state index is -0.344. The van der Waals surface area contributed by atoms with Gasteiger partial charge in [-0.2, -0.15) is 11.3 Å². The fourth-order valence-corrected chi connectivity index (χ4v) is 4.25. The lowest BCUT2D eigenvalue weighted by molar-refractivity contribution is -0.158. The predicted molar refractivity (Wildman–Crippen MR) is 81.1 cm³/mol. The Balaban J connectivity index is 1.71. The van der Waals surface area contributed by atoms with Crippen molar-refractivity contribution in [2.24, 2.45) is 0 Å². The van der Waals surface area contributed by atoms with Crippen LogP contribution in [-0.2, 0) is 14.9 Å². The van der Waals surface area contributed by atoms with E-state index in [1.807, 2.05) is 0 Å². The lowest BCUT2D eigenvalue weighted by Crippen LogP contribution is -2.40. The molecule has 1 aliphatic carbocycles. The van der Waals surface area contributed by atoms with Gasteiger partial charge in [-0.05, 0) is 55.1 Å². The van der Waals surface area contributed by atoms with E-state index in [0.29, 0.717) is 0 Å². The number of likely N-dealkylation sites (tertiary alicyclic amines) is 1. The van der Waals surface area contributed by atoms with Crippen molar-refractivity contribution in [2.45, 2.75) is 50.0 Å². The fourth-order valence-electron chi connectivity index (χ4n) is 3.49. The molecule has 1 saturated carbocycles. The van der Waals surface area contributed by atoms with E-state index in [9.17, 15) is 4.79 Å². The van der Waals surface area contributed by atoms with Crippen molar-refractivity contribution in [1.82, 2.24) is 4.90 Å². The first kappa shape index (κ1) is 14.1. The van der Waals surface area contributed by atoms with Gasteiger partial charge in [0, 0.05) is 13.1 Å². The number of carbonyl (C=O) groups is 1. The largest absolute Gasteiger partial charge is 0.462 e. The molecule has 1 aliphatic heterocycles. The minimum Gasteiger partial charge on any atom is -0.462 e. The third-order valence-corrected chi connectivity index (χ3v) is 5.54. The molecule has 3 nitrogen and oxygen atoms in total. The van der Waals surface area contributed by atoms with Gasteiger partial charge in [0.05, 0.1) is 5.41 Å². The van der Waals surface area contributed by atoms with Crippen LogP contribution < -0.4 is 0 Å². The minimum absolute atomic E-state index is 0.0305. The van der Waals surface area contributed by atoms with Crippen LogP contribution in [0, 0.1) is 0 Å². The molecular formula is C16H23NO2S. The summed E-state index contributed by atoms with van der Waals surface area (Å²) in [7, 11) is 2.13. The van der Waals surface area contributed by atoms with Crippen LogP contribution in [0.2, 0.25) is 0 Å². The van der Waals surface area contributed by atoms with Crippen molar-refractivity contribution in [3.8, 4) is 0 Å². The van der Waals surface area contributed by atoms with Crippen LogP contribution in [-0.4, -0.2) is 37.1 Å². The molecule has 2 aliphatic rings. The topological polar surface area (TPSA) is 29.5 Å². The molecule has 0 amide bonds. The average molecular weight is 293 g/mol. The van der Waals surface area contributed by atoms with E-state index in [1.165, 1.54) is 5.56 Å². The summed E-state index contributed by atoms with van der Waals surface area (Å²) < 4.78 is 5.89. The summed E-state index contributed by atoms with van der Waals surface area (Å²) in [6.45, 7) is 2.06. The number of nitrogens with zero attached hydrogens (tertiary/aromatic N) is 1. The highest BCUT2D eigenvalue weighted by molar-refractivity contribution is 7.08. The van der Waals surface area contributed by atoms with Crippen molar-refractivity contribution in [2.75, 3.05) is 20.1 Å². The maximum absolute atomic E-state index is 12.8. The Morgan fingerprint density at radius 1 is 1.35 bits per heavy atom. The van der Waals surface area contributed by atoms with E-state index in [4.69, 9.17) is 4.74 Å². The molecule has 0 bridgehead atoms. The van der Waals surface area contributed by atoms with Crippen molar-refractivity contribution < 1.29 is 9.53 Å². The second kappa shape index (κ2) is 5.86. The maximum Gasteiger partial charge on any atom is 0.316 e. The summed E-state index contributed by atoms with van der Waals surface area (Å²) in [6, 6.07) is 2.10. The smallest absolute Gasteiger partial charge is 0.316 e. The van der Waals surface area contributed by atoms with Gasteiger partial charge in [0.25, 0.3) is 0 Å². The molecule has 20 heavy (non-hydrogen) atoms. The fraction of sp³-hybridized carbons (Fsp3) is 0.688. The van der Waals surface area contributed by atoms with E-state index >= 15 is 0 Å². The number of hydrogen-bond acceptors (Lipinski definition) is 4. The summed E-state index contributed by atoms with van der Waals surface area (Å²) >= 11 is 1.67. The molecule has 0 unspecified atom stereocenters. The number of esters is 1. The molecule has 110 valence electrons. The van der Waals surface area contributed by atoms with E-state index < -0.39 is 0 Å². The van der Waals surface area contributed by atoms with Gasteiger partial charge in [-0.1, -0.05) is 12.8 Å². The zero-order valence-electron chi connectivity index (χ0n) is 12.1. The second-order valence-corrected chi connectivity index (χ2v) is 6.99. The molecule has 4 heteroatoms. The van der Waals surface area contributed by atoms with Gasteiger partial charge in [-0.3, -0.25) is 4.79 Å². The zero-order valence-corrected chi connectivity index (χ0v) is 13.0. The number of ether oxygens (including phenoxy) is 1. The van der Waals surface area contributed by atoms with E-state index in [0.717, 1.165) is 51.6 Å². The van der Waals surface area contributed by atoms with E-state index in [2.05, 4.69) is 28.8 Å². The molecule has 3 rings (SSSR count). The van der Waals surface area contributed by atoms with Gasteiger partial charge in [0.15, 0.2) is 0 Å². The highest BCUT2D eigenvalue weighted by Gasteiger charge is 2.45. The van der Waals surface area contributed by atoms with Crippen molar-refractivity contribution in [3.63, 3.8) is 0 Å². The summed E-state index contributed by atoms with van der Waals surface area (Å²) in [5.74, 6) is 0.0305. The van der Waals surface area contributed by atoms with Gasteiger partial charge < -0.3 is 9.64 Å². The molecular weight excluding hydrogens is 270 g/mol. The van der Waals surface area contributed by atoms with Gasteiger partial charge in [0.1, 0.15) is 6.10 Å². The molecule has 1 aromatic rings. The predicted octanol–water partition coefficient (Wildman–Crippen LogP) is 3.20. The van der Waals surface area contributed by atoms with E-state index in [1.54, 1.807) is 11.3 Å². The third-order valence-electron chi connectivity index (χ3n) is 4.86. The quantitative estimate of drug-likeness (QED) is 0.802. The highest BCUT2D eigenvalue weighted by Crippen LogP contribution is 2.43. The molecule has 0 spiro atoms. The summed E-state index contributed by atoms with van der Waals surface area (Å²) in [4.78, 5) is 15.1. The number of thiophene rings is 1. The molecule has 2 fully saturated rings. The SMILES string of the molecule is CN1CCC(OC(=O)C2(c3ccsc3)CCCC2)CC1. The van der Waals surface area contributed by atoms with Gasteiger partial charge in [-0.15, -0.1) is 0 Å². The molecule has 0 aromatic carbocycles. The van der Waals surface area contributed by atoms with Crippen molar-refractivity contribution >= 4 is 17.3 Å². The second-order valence-electron chi connectivity index (χ2n) is 6.21. The standard InChI is InChI=1S/C16H23NO2S/c1-17-9-4-14(5-10-17)19-15(18)16(7-2-3-8-16)13-6-11-20-12-13/h6,11-12,14H,2-5,7-10H2,1H3. The van der Waals surface area contributed by atoms with Crippen LogP contribution in [0.5, 0.6) is 0 Å². The average Bonchev–Trinajstić information content (AvgIpc) is 3.12. The Hall–Kier alpha value is -0.870. The first-order valence-corrected chi connectivity index (χ1v) is 8.57. The van der Waals surface area contributed by atoms with Gasteiger partial charge >= 0.3 is 5.97 Å². The van der Waals surface area contributed by atoms with Crippen LogP contribution in [0.15, 0.2) is 16.8 Å². The Morgan fingerprint density at radius 3 is 2.65 bits per heavy atom. The molecule has 0 radical (unpaired) electrons. The molecule has 2 heterocycles. The van der Waals surface area contributed by atoms with Crippen molar-refractivity contribution in [3.05, 3.63) is 22.4 Å². The first-order chi connectivity index (χ1) is 9.71. The number of rotatable bonds is 3. The lowest BCUT2D eigenvalue weighted by Gasteiger charge is -2.32. The molecule has 0 atom stereocenters. The third kappa shape index (κ3) is 2.63. The number of carbonyl (C=O) groups excluding carboxylic acids is 1. The van der Waals surface area contributed by atoms with Crippen LogP contribution in [0.3, 0.4) is 0 Å². The molecule has 1 aromatic heterocycles. The van der Waals surface area contributed by atoms with Gasteiger partial charge in [0.2, 0.25) is 0 Å². The van der Waals surface area contributed by atoms with Crippen molar-refractivity contribution in [1.29, 1.82) is 0 Å². The van der Waals surface area contributed by atoms with Gasteiger partial charge in [-0.25, -0.2) is 0 Å². The first-order valence-electron chi connectivity index (χ1n) is 7.63. The van der Waals surface area contributed by atoms with Crippen LogP contribution in [0.1, 0.15) is 44.1 Å². The Kier molecular flexibility index (Phi) is 4.13. The Labute approximate surface area is 124 Å². The Morgan fingerprint density at radius 2 is 2.05 bits per heavy atom. The lowest BCUT2D eigenvalue weighted by atomic mass is 9.80. The molecule has 0 N–H and O–H groups in total. The summed E-state index contributed by atoms with van der Waals surface area (Å²) in [5, 5.41) is 4.19. The summed E-state index contributed by atoms with van der Waals surface area (Å²) in [5.41, 5.74) is 0.835. The van der Waals surface area contributed by atoms with Crippen LogP contribution in [0.4, 0.5) is 0 Å². The monoisotopic (exact) mass is 293 g/mol. The maximum atomic E-state index is 12.8. The zero-order chi connectivity index (χ0) is 14.0. The highest BCUT2D eigenvalue weighted by atomic mass is 32.1. The normalized spacial score (nSPS) is 23.9. The Bertz CT molecular complexity index is 443. The number of hydrogen-bond donors (Lipinski definition) is 0. The van der Waals surface area contributed by atoms with E-state index in [-0.39, 0.29) is 17.5 Å². The van der Waals surface area contributed by atoms with Crippen LogP contribution >= 0.6 is 11.3 Å². The summed E-state index contributed by atoms with van der Waals surface area (Å²) in [6.07, 6.45) is 6.25. The van der Waals surface area contributed by atoms with Crippen LogP contribution in [0.25, 0.3) is 0 Å².